The Kier molecular flexibility index (Phi) is 11.9. The molecular formula is C23H31NO6. The standard InChI is InChI=1S/C23H31NO6/c1-2-3-4-5-6-7-8-11-18(12-9-10-15-24)30-23(29)19-14-13-17(21(25)26)16-20(19)22(27)28/h13-14,16,18H,2-12H2,1H3,(H,25,26)(H,27,28). The number of carbonyl (C=O) groups is 3. The summed E-state index contributed by atoms with van der Waals surface area (Å²) in [5, 5.41) is 27.1. The van der Waals surface area contributed by atoms with Gasteiger partial charge in [0.2, 0.25) is 0 Å². The lowest BCUT2D eigenvalue weighted by Gasteiger charge is -2.18. The highest BCUT2D eigenvalue weighted by Gasteiger charge is 2.23. The predicted molar refractivity (Wildman–Crippen MR) is 112 cm³/mol. The Hall–Kier alpha value is -2.88. The van der Waals surface area contributed by atoms with Crippen LogP contribution in [0.15, 0.2) is 18.2 Å². The van der Waals surface area contributed by atoms with Gasteiger partial charge in [-0.2, -0.15) is 5.26 Å². The highest BCUT2D eigenvalue weighted by Crippen LogP contribution is 2.20. The first kappa shape index (κ1) is 25.2. The largest absolute Gasteiger partial charge is 0.478 e. The van der Waals surface area contributed by atoms with Gasteiger partial charge in [0, 0.05) is 6.42 Å². The molecule has 1 unspecified atom stereocenters. The zero-order chi connectivity index (χ0) is 22.4. The molecular weight excluding hydrogens is 386 g/mol. The number of nitriles is 1. The molecule has 0 saturated carbocycles. The number of esters is 1. The summed E-state index contributed by atoms with van der Waals surface area (Å²) in [5.41, 5.74) is -0.776. The Balaban J connectivity index is 2.75. The summed E-state index contributed by atoms with van der Waals surface area (Å²) in [5.74, 6) is -3.45. The molecule has 0 spiro atoms. The molecule has 0 aliphatic carbocycles. The van der Waals surface area contributed by atoms with Gasteiger partial charge in [0.25, 0.3) is 0 Å². The van der Waals surface area contributed by atoms with E-state index >= 15 is 0 Å². The number of aromatic carboxylic acids is 2. The highest BCUT2D eigenvalue weighted by atomic mass is 16.5. The van der Waals surface area contributed by atoms with Crippen molar-refractivity contribution >= 4 is 17.9 Å². The molecule has 7 nitrogen and oxygen atoms in total. The van der Waals surface area contributed by atoms with E-state index in [2.05, 4.69) is 13.0 Å². The van der Waals surface area contributed by atoms with Crippen LogP contribution in [-0.4, -0.2) is 34.2 Å². The Bertz CT molecular complexity index is 753. The van der Waals surface area contributed by atoms with Gasteiger partial charge >= 0.3 is 17.9 Å². The molecule has 0 aliphatic heterocycles. The van der Waals surface area contributed by atoms with E-state index in [-0.39, 0.29) is 11.1 Å². The maximum Gasteiger partial charge on any atom is 0.339 e. The van der Waals surface area contributed by atoms with Crippen molar-refractivity contribution in [2.45, 2.75) is 83.7 Å². The number of carbonyl (C=O) groups excluding carboxylic acids is 1. The van der Waals surface area contributed by atoms with Crippen molar-refractivity contribution in [1.82, 2.24) is 0 Å². The van der Waals surface area contributed by atoms with Crippen molar-refractivity contribution in [3.63, 3.8) is 0 Å². The van der Waals surface area contributed by atoms with Gasteiger partial charge < -0.3 is 14.9 Å². The number of rotatable bonds is 15. The van der Waals surface area contributed by atoms with Crippen molar-refractivity contribution in [2.24, 2.45) is 0 Å². The Labute approximate surface area is 177 Å². The van der Waals surface area contributed by atoms with Gasteiger partial charge in [0.15, 0.2) is 0 Å². The van der Waals surface area contributed by atoms with E-state index in [0.29, 0.717) is 25.7 Å². The molecule has 1 atom stereocenters. The van der Waals surface area contributed by atoms with Crippen LogP contribution in [0.4, 0.5) is 0 Å². The number of hydrogen-bond acceptors (Lipinski definition) is 5. The molecule has 1 rings (SSSR count). The van der Waals surface area contributed by atoms with Crippen LogP contribution in [0.2, 0.25) is 0 Å². The van der Waals surface area contributed by atoms with Gasteiger partial charge in [-0.05, 0) is 43.9 Å². The van der Waals surface area contributed by atoms with Crippen LogP contribution in [0.5, 0.6) is 0 Å². The minimum absolute atomic E-state index is 0.169. The van der Waals surface area contributed by atoms with Gasteiger partial charge in [-0.15, -0.1) is 0 Å². The fourth-order valence-corrected chi connectivity index (χ4v) is 3.25. The Morgan fingerprint density at radius 1 is 0.933 bits per heavy atom. The SMILES string of the molecule is CCCCCCCCCC(CCCC#N)OC(=O)c1ccc(C(=O)O)cc1C(=O)O. The molecule has 0 saturated heterocycles. The Morgan fingerprint density at radius 3 is 2.17 bits per heavy atom. The van der Waals surface area contributed by atoms with Gasteiger partial charge in [-0.1, -0.05) is 45.4 Å². The van der Waals surface area contributed by atoms with Crippen LogP contribution < -0.4 is 0 Å². The third-order valence-corrected chi connectivity index (χ3v) is 4.93. The molecule has 2 N–H and O–H groups in total. The molecule has 0 heterocycles. The van der Waals surface area contributed by atoms with Crippen LogP contribution in [-0.2, 0) is 4.74 Å². The average Bonchev–Trinajstić information content (AvgIpc) is 2.72. The number of benzene rings is 1. The molecule has 0 bridgehead atoms. The molecule has 0 fully saturated rings. The number of carboxylic acid groups (broad SMARTS) is 2. The summed E-state index contributed by atoms with van der Waals surface area (Å²) >= 11 is 0. The van der Waals surface area contributed by atoms with Crippen LogP contribution in [0.3, 0.4) is 0 Å². The number of unbranched alkanes of at least 4 members (excludes halogenated alkanes) is 7. The normalized spacial score (nSPS) is 11.5. The third kappa shape index (κ3) is 9.08. The molecule has 0 aliphatic rings. The van der Waals surface area contributed by atoms with Crippen molar-refractivity contribution in [2.75, 3.05) is 0 Å². The summed E-state index contributed by atoms with van der Waals surface area (Å²) in [6.07, 6.45) is 9.62. The summed E-state index contributed by atoms with van der Waals surface area (Å²) in [6.45, 7) is 2.17. The van der Waals surface area contributed by atoms with Crippen molar-refractivity contribution < 1.29 is 29.3 Å². The first-order chi connectivity index (χ1) is 14.4. The van der Waals surface area contributed by atoms with Crippen molar-refractivity contribution in [3.05, 3.63) is 34.9 Å². The molecule has 0 aromatic heterocycles. The lowest BCUT2D eigenvalue weighted by Crippen LogP contribution is -2.21. The fraction of sp³-hybridized carbons (Fsp3) is 0.565. The first-order valence-electron chi connectivity index (χ1n) is 10.6. The summed E-state index contributed by atoms with van der Waals surface area (Å²) in [7, 11) is 0. The molecule has 1 aromatic rings. The molecule has 0 amide bonds. The van der Waals surface area contributed by atoms with Crippen LogP contribution >= 0.6 is 0 Å². The molecule has 7 heteroatoms. The van der Waals surface area contributed by atoms with Crippen LogP contribution in [0.1, 0.15) is 109 Å². The minimum Gasteiger partial charge on any atom is -0.478 e. The van der Waals surface area contributed by atoms with E-state index in [4.69, 9.17) is 15.1 Å². The van der Waals surface area contributed by atoms with Crippen molar-refractivity contribution in [1.29, 1.82) is 5.26 Å². The molecule has 164 valence electrons. The second-order valence-corrected chi connectivity index (χ2v) is 7.36. The number of ether oxygens (including phenoxy) is 1. The summed E-state index contributed by atoms with van der Waals surface area (Å²) in [4.78, 5) is 35.2. The number of hydrogen-bond donors (Lipinski definition) is 2. The van der Waals surface area contributed by atoms with Gasteiger partial charge in [-0.3, -0.25) is 0 Å². The summed E-state index contributed by atoms with van der Waals surface area (Å²) in [6, 6.07) is 5.39. The van der Waals surface area contributed by atoms with E-state index in [1.54, 1.807) is 0 Å². The Morgan fingerprint density at radius 2 is 1.57 bits per heavy atom. The summed E-state index contributed by atoms with van der Waals surface area (Å²) < 4.78 is 5.56. The van der Waals surface area contributed by atoms with Gasteiger partial charge in [0.1, 0.15) is 6.10 Å². The smallest absolute Gasteiger partial charge is 0.339 e. The second-order valence-electron chi connectivity index (χ2n) is 7.36. The predicted octanol–water partition coefficient (Wildman–Crippen LogP) is 5.44. The first-order valence-corrected chi connectivity index (χ1v) is 10.6. The number of nitrogens with zero attached hydrogens (tertiary/aromatic N) is 1. The van der Waals surface area contributed by atoms with Crippen LogP contribution in [0, 0.1) is 11.3 Å². The third-order valence-electron chi connectivity index (χ3n) is 4.93. The lowest BCUT2D eigenvalue weighted by atomic mass is 10.0. The lowest BCUT2D eigenvalue weighted by molar-refractivity contribution is 0.0246. The zero-order valence-corrected chi connectivity index (χ0v) is 17.6. The van der Waals surface area contributed by atoms with E-state index in [1.807, 2.05) is 0 Å². The monoisotopic (exact) mass is 417 g/mol. The zero-order valence-electron chi connectivity index (χ0n) is 17.6. The topological polar surface area (TPSA) is 125 Å². The number of carboxylic acids is 2. The maximum absolute atomic E-state index is 12.6. The van der Waals surface area contributed by atoms with E-state index in [9.17, 15) is 19.5 Å². The average molecular weight is 418 g/mol. The molecule has 1 aromatic carbocycles. The van der Waals surface area contributed by atoms with Crippen LogP contribution in [0.25, 0.3) is 0 Å². The highest BCUT2D eigenvalue weighted by molar-refractivity contribution is 6.04. The van der Waals surface area contributed by atoms with E-state index in [1.165, 1.54) is 37.8 Å². The minimum atomic E-state index is -1.39. The van der Waals surface area contributed by atoms with Gasteiger partial charge in [0.05, 0.1) is 22.8 Å². The van der Waals surface area contributed by atoms with Gasteiger partial charge in [-0.25, -0.2) is 14.4 Å². The van der Waals surface area contributed by atoms with E-state index < -0.39 is 29.6 Å². The molecule has 30 heavy (non-hydrogen) atoms. The molecule has 0 radical (unpaired) electrons. The fourth-order valence-electron chi connectivity index (χ4n) is 3.25. The van der Waals surface area contributed by atoms with Crippen molar-refractivity contribution in [3.8, 4) is 6.07 Å². The maximum atomic E-state index is 12.6. The second kappa shape index (κ2) is 14.2. The quantitative estimate of drug-likeness (QED) is 0.287. The van der Waals surface area contributed by atoms with E-state index in [0.717, 1.165) is 25.3 Å².